The van der Waals surface area contributed by atoms with E-state index in [9.17, 15) is 4.79 Å². The van der Waals surface area contributed by atoms with Crippen LogP contribution >= 0.6 is 0 Å². The van der Waals surface area contributed by atoms with E-state index >= 15 is 0 Å². The highest BCUT2D eigenvalue weighted by Gasteiger charge is 2.37. The Morgan fingerprint density at radius 1 is 1.27 bits per heavy atom. The zero-order valence-electron chi connectivity index (χ0n) is 16.0. The summed E-state index contributed by atoms with van der Waals surface area (Å²) in [4.78, 5) is 17.9. The molecular weight excluding hydrogens is 330 g/mol. The molecule has 2 atom stereocenters. The van der Waals surface area contributed by atoms with Crippen molar-refractivity contribution >= 4 is 11.6 Å². The maximum Gasteiger partial charge on any atom is 0.259 e. The maximum atomic E-state index is 13.4. The van der Waals surface area contributed by atoms with Gasteiger partial charge in [0.25, 0.3) is 5.91 Å². The predicted octanol–water partition coefficient (Wildman–Crippen LogP) is 1.49. The number of carbonyl (C=O) groups excluding carboxylic acids is 1. The standard InChI is InChI=1S/C19H29N5O2/c1-14(2)4-5-22-9-15-10-23(16(11-22)13-26-12-15)19(25)17-8-20-24-7-6-21(3)18(17)24/h6-8,14-16H,4-5,9-13H2,1-3H3/t15-,16-/m0/s1. The molecule has 0 N–H and O–H groups in total. The highest BCUT2D eigenvalue weighted by molar-refractivity contribution is 6.00. The third-order valence-corrected chi connectivity index (χ3v) is 5.59. The van der Waals surface area contributed by atoms with E-state index in [2.05, 4.69) is 23.8 Å². The molecule has 0 spiro atoms. The molecule has 2 aromatic heterocycles. The van der Waals surface area contributed by atoms with Crippen LogP contribution < -0.4 is 0 Å². The Morgan fingerprint density at radius 2 is 2.12 bits per heavy atom. The van der Waals surface area contributed by atoms with E-state index in [-0.39, 0.29) is 11.9 Å². The highest BCUT2D eigenvalue weighted by Crippen LogP contribution is 2.24. The van der Waals surface area contributed by atoms with Crippen molar-refractivity contribution in [3.8, 4) is 0 Å². The van der Waals surface area contributed by atoms with Gasteiger partial charge in [0, 0.05) is 45.0 Å². The topological polar surface area (TPSA) is 55.0 Å². The molecule has 0 aromatic carbocycles. The summed E-state index contributed by atoms with van der Waals surface area (Å²) in [5, 5.41) is 4.33. The van der Waals surface area contributed by atoms with Crippen LogP contribution in [-0.4, -0.2) is 75.3 Å². The summed E-state index contributed by atoms with van der Waals surface area (Å²) in [6, 6.07) is 0.109. The molecule has 7 nitrogen and oxygen atoms in total. The zero-order chi connectivity index (χ0) is 18.3. The third kappa shape index (κ3) is 3.25. The number of aromatic nitrogens is 3. The molecule has 2 fully saturated rings. The highest BCUT2D eigenvalue weighted by atomic mass is 16.5. The van der Waals surface area contributed by atoms with E-state index in [0.29, 0.717) is 24.0 Å². The Bertz CT molecular complexity index is 780. The summed E-state index contributed by atoms with van der Waals surface area (Å²) in [5.41, 5.74) is 1.53. The number of hydrogen-bond acceptors (Lipinski definition) is 4. The van der Waals surface area contributed by atoms with Crippen LogP contribution in [0.4, 0.5) is 0 Å². The molecule has 0 unspecified atom stereocenters. The van der Waals surface area contributed by atoms with Crippen LogP contribution in [0.3, 0.4) is 0 Å². The molecule has 2 aliphatic heterocycles. The average Bonchev–Trinajstić information content (AvgIpc) is 3.04. The van der Waals surface area contributed by atoms with Crippen molar-refractivity contribution in [2.75, 3.05) is 39.4 Å². The molecule has 2 aromatic rings. The summed E-state index contributed by atoms with van der Waals surface area (Å²) < 4.78 is 9.60. The molecule has 0 saturated carbocycles. The van der Waals surface area contributed by atoms with Gasteiger partial charge in [0.2, 0.25) is 0 Å². The van der Waals surface area contributed by atoms with Gasteiger partial charge in [-0.25, -0.2) is 4.52 Å². The van der Waals surface area contributed by atoms with Crippen LogP contribution in [0.2, 0.25) is 0 Å². The summed E-state index contributed by atoms with van der Waals surface area (Å²) in [7, 11) is 1.95. The largest absolute Gasteiger partial charge is 0.379 e. The molecule has 142 valence electrons. The van der Waals surface area contributed by atoms with Crippen LogP contribution in [0.25, 0.3) is 5.65 Å². The van der Waals surface area contributed by atoms with E-state index in [1.807, 2.05) is 28.9 Å². The molecule has 2 bridgehead atoms. The Balaban J connectivity index is 1.58. The average molecular weight is 359 g/mol. The molecule has 7 heteroatoms. The predicted molar refractivity (Wildman–Crippen MR) is 99.2 cm³/mol. The number of rotatable bonds is 4. The second-order valence-corrected chi connectivity index (χ2v) is 8.19. The third-order valence-electron chi connectivity index (χ3n) is 5.59. The Labute approximate surface area is 154 Å². The van der Waals surface area contributed by atoms with Gasteiger partial charge in [-0.3, -0.25) is 4.79 Å². The first kappa shape index (κ1) is 17.5. The number of amides is 1. The minimum atomic E-state index is 0.0769. The van der Waals surface area contributed by atoms with Crippen molar-refractivity contribution < 1.29 is 9.53 Å². The SMILES string of the molecule is CC(C)CCN1C[C@@H]2COC[C@H](C1)N(C(=O)c1cnn3ccn(C)c13)C2. The lowest BCUT2D eigenvalue weighted by Gasteiger charge is -2.31. The van der Waals surface area contributed by atoms with Crippen molar-refractivity contribution in [3.63, 3.8) is 0 Å². The number of nitrogens with zero attached hydrogens (tertiary/aromatic N) is 5. The lowest BCUT2D eigenvalue weighted by atomic mass is 10.1. The van der Waals surface area contributed by atoms with Crippen LogP contribution in [0.15, 0.2) is 18.6 Å². The van der Waals surface area contributed by atoms with Gasteiger partial charge in [-0.1, -0.05) is 13.8 Å². The first-order valence-electron chi connectivity index (χ1n) is 9.62. The Morgan fingerprint density at radius 3 is 2.92 bits per heavy atom. The normalized spacial score (nSPS) is 24.4. The fraction of sp³-hybridized carbons (Fsp3) is 0.684. The fourth-order valence-electron chi connectivity index (χ4n) is 4.17. The second kappa shape index (κ2) is 7.04. The maximum absolute atomic E-state index is 13.4. The second-order valence-electron chi connectivity index (χ2n) is 8.19. The lowest BCUT2D eigenvalue weighted by Crippen LogP contribution is -2.46. The van der Waals surface area contributed by atoms with Gasteiger partial charge in [-0.2, -0.15) is 5.10 Å². The molecular formula is C19H29N5O2. The first-order chi connectivity index (χ1) is 12.5. The van der Waals surface area contributed by atoms with Crippen molar-refractivity contribution in [2.45, 2.75) is 26.3 Å². The van der Waals surface area contributed by atoms with Gasteiger partial charge in [0.05, 0.1) is 25.5 Å². The number of ether oxygens (including phenoxy) is 1. The van der Waals surface area contributed by atoms with E-state index < -0.39 is 0 Å². The van der Waals surface area contributed by atoms with Crippen molar-refractivity contribution in [2.24, 2.45) is 18.9 Å². The minimum Gasteiger partial charge on any atom is -0.379 e. The number of carbonyl (C=O) groups is 1. The van der Waals surface area contributed by atoms with Gasteiger partial charge >= 0.3 is 0 Å². The van der Waals surface area contributed by atoms with E-state index in [0.717, 1.165) is 38.4 Å². The van der Waals surface area contributed by atoms with Crippen molar-refractivity contribution in [3.05, 3.63) is 24.2 Å². The molecule has 2 aliphatic rings. The Kier molecular flexibility index (Phi) is 4.75. The summed E-state index contributed by atoms with van der Waals surface area (Å²) in [5.74, 6) is 1.15. The quantitative estimate of drug-likeness (QED) is 0.830. The number of hydrogen-bond donors (Lipinski definition) is 0. The van der Waals surface area contributed by atoms with Gasteiger partial charge in [0.1, 0.15) is 11.2 Å². The van der Waals surface area contributed by atoms with Crippen LogP contribution in [0.5, 0.6) is 0 Å². The van der Waals surface area contributed by atoms with Crippen molar-refractivity contribution in [1.29, 1.82) is 0 Å². The van der Waals surface area contributed by atoms with E-state index in [1.54, 1.807) is 10.7 Å². The molecule has 2 saturated heterocycles. The van der Waals surface area contributed by atoms with E-state index in [4.69, 9.17) is 4.74 Å². The fourth-order valence-corrected chi connectivity index (χ4v) is 4.17. The molecule has 4 heterocycles. The minimum absolute atomic E-state index is 0.0769. The van der Waals surface area contributed by atoms with Crippen LogP contribution in [0, 0.1) is 11.8 Å². The van der Waals surface area contributed by atoms with Gasteiger partial charge in [-0.15, -0.1) is 0 Å². The summed E-state index contributed by atoms with van der Waals surface area (Å²) >= 11 is 0. The van der Waals surface area contributed by atoms with Crippen LogP contribution in [0.1, 0.15) is 30.6 Å². The summed E-state index contributed by atoms with van der Waals surface area (Å²) in [6.07, 6.45) is 6.70. The lowest BCUT2D eigenvalue weighted by molar-refractivity contribution is 0.0432. The molecule has 4 rings (SSSR count). The van der Waals surface area contributed by atoms with Crippen molar-refractivity contribution in [1.82, 2.24) is 24.0 Å². The van der Waals surface area contributed by atoms with Gasteiger partial charge < -0.3 is 19.1 Å². The molecule has 0 aliphatic carbocycles. The van der Waals surface area contributed by atoms with Crippen LogP contribution in [-0.2, 0) is 11.8 Å². The van der Waals surface area contributed by atoms with Gasteiger partial charge in [0.15, 0.2) is 0 Å². The summed E-state index contributed by atoms with van der Waals surface area (Å²) in [6.45, 7) is 9.68. The Hall–Kier alpha value is -1.86. The molecule has 26 heavy (non-hydrogen) atoms. The zero-order valence-corrected chi connectivity index (χ0v) is 16.0. The molecule has 0 radical (unpaired) electrons. The van der Waals surface area contributed by atoms with Gasteiger partial charge in [-0.05, 0) is 18.9 Å². The number of fused-ring (bicyclic) bond motifs is 4. The number of imidazole rings is 1. The number of aryl methyl sites for hydroxylation is 1. The molecule has 1 amide bonds. The first-order valence-corrected chi connectivity index (χ1v) is 9.62. The van der Waals surface area contributed by atoms with E-state index in [1.165, 1.54) is 6.42 Å². The smallest absolute Gasteiger partial charge is 0.259 e. The monoisotopic (exact) mass is 359 g/mol.